The Morgan fingerprint density at radius 1 is 1.64 bits per heavy atom. The van der Waals surface area contributed by atoms with Gasteiger partial charge in [0, 0.05) is 6.54 Å². The lowest BCUT2D eigenvalue weighted by Crippen LogP contribution is -2.54. The molecule has 0 aliphatic carbocycles. The van der Waals surface area contributed by atoms with E-state index in [1.165, 1.54) is 0 Å². The maximum Gasteiger partial charge on any atom is 0.137 e. The van der Waals surface area contributed by atoms with Crippen molar-refractivity contribution in [3.63, 3.8) is 0 Å². The van der Waals surface area contributed by atoms with Crippen molar-refractivity contribution in [3.05, 3.63) is 0 Å². The molecule has 0 aliphatic rings. The molecule has 0 aromatic carbocycles. The van der Waals surface area contributed by atoms with Crippen LogP contribution in [0.1, 0.15) is 20.8 Å². The standard InChI is InChI=1S/C7H15NO3/c1-4-8(6(10)11)7(2,3)5-9/h9H,4-5H2,1-3H3,(H,10,11)/p-1. The van der Waals surface area contributed by atoms with E-state index in [9.17, 15) is 9.90 Å². The molecule has 0 saturated heterocycles. The Balaban J connectivity index is 4.36. The molecular weight excluding hydrogens is 146 g/mol. The van der Waals surface area contributed by atoms with Gasteiger partial charge in [0.05, 0.1) is 12.1 Å². The number of hydrogen-bond donors (Lipinski definition) is 1. The van der Waals surface area contributed by atoms with Gasteiger partial charge in [-0.3, -0.25) is 0 Å². The van der Waals surface area contributed by atoms with Crippen LogP contribution in [0.3, 0.4) is 0 Å². The summed E-state index contributed by atoms with van der Waals surface area (Å²) in [6, 6.07) is 0. The minimum Gasteiger partial charge on any atom is -0.530 e. The van der Waals surface area contributed by atoms with Crippen LogP contribution in [0.2, 0.25) is 0 Å². The summed E-state index contributed by atoms with van der Waals surface area (Å²) in [7, 11) is 0. The average Bonchev–Trinajstić information content (AvgIpc) is 1.88. The Morgan fingerprint density at radius 2 is 2.09 bits per heavy atom. The lowest BCUT2D eigenvalue weighted by molar-refractivity contribution is -0.271. The fourth-order valence-electron chi connectivity index (χ4n) is 0.890. The van der Waals surface area contributed by atoms with Gasteiger partial charge in [-0.05, 0) is 20.8 Å². The summed E-state index contributed by atoms with van der Waals surface area (Å²) in [6.45, 7) is 5.12. The Labute approximate surface area is 66.4 Å². The molecule has 0 aliphatic heterocycles. The monoisotopic (exact) mass is 160 g/mol. The van der Waals surface area contributed by atoms with E-state index in [1.54, 1.807) is 20.8 Å². The third kappa shape index (κ3) is 2.38. The number of carbonyl (C=O) groups is 1. The highest BCUT2D eigenvalue weighted by Crippen LogP contribution is 2.11. The number of nitrogens with zero attached hydrogens (tertiary/aromatic N) is 1. The van der Waals surface area contributed by atoms with E-state index in [0.717, 1.165) is 4.90 Å². The molecule has 0 heterocycles. The zero-order chi connectivity index (χ0) is 9.07. The predicted octanol–water partition coefficient (Wildman–Crippen LogP) is -0.578. The second-order valence-corrected chi connectivity index (χ2v) is 2.98. The van der Waals surface area contributed by atoms with Crippen molar-refractivity contribution < 1.29 is 15.0 Å². The Kier molecular flexibility index (Phi) is 3.32. The average molecular weight is 160 g/mol. The molecule has 0 bridgehead atoms. The number of likely N-dealkylation sites (N-methyl/N-ethyl adjacent to an activating group) is 1. The molecule has 4 heteroatoms. The van der Waals surface area contributed by atoms with Crippen LogP contribution in [0.25, 0.3) is 0 Å². The highest BCUT2D eigenvalue weighted by molar-refractivity contribution is 5.63. The smallest absolute Gasteiger partial charge is 0.137 e. The first-order valence-corrected chi connectivity index (χ1v) is 3.55. The van der Waals surface area contributed by atoms with E-state index in [-0.39, 0.29) is 6.61 Å². The molecule has 0 spiro atoms. The third-order valence-electron chi connectivity index (χ3n) is 1.65. The van der Waals surface area contributed by atoms with Crippen molar-refractivity contribution in [2.75, 3.05) is 13.2 Å². The van der Waals surface area contributed by atoms with Gasteiger partial charge in [-0.15, -0.1) is 0 Å². The van der Waals surface area contributed by atoms with Gasteiger partial charge in [0.15, 0.2) is 0 Å². The SMILES string of the molecule is CCN(C(=O)[O-])C(C)(C)CO. The van der Waals surface area contributed by atoms with E-state index in [4.69, 9.17) is 5.11 Å². The number of aliphatic hydroxyl groups is 1. The molecule has 0 fully saturated rings. The van der Waals surface area contributed by atoms with Crippen molar-refractivity contribution >= 4 is 6.09 Å². The van der Waals surface area contributed by atoms with E-state index in [1.807, 2.05) is 0 Å². The van der Waals surface area contributed by atoms with Crippen LogP contribution in [-0.4, -0.2) is 34.8 Å². The molecule has 4 nitrogen and oxygen atoms in total. The summed E-state index contributed by atoms with van der Waals surface area (Å²) in [4.78, 5) is 11.5. The Bertz CT molecular complexity index is 145. The third-order valence-corrected chi connectivity index (χ3v) is 1.65. The van der Waals surface area contributed by atoms with Crippen molar-refractivity contribution in [1.29, 1.82) is 0 Å². The molecule has 1 amide bonds. The fraction of sp³-hybridized carbons (Fsp3) is 0.857. The molecule has 0 radical (unpaired) electrons. The van der Waals surface area contributed by atoms with Crippen molar-refractivity contribution in [2.45, 2.75) is 26.3 Å². The predicted molar refractivity (Wildman–Crippen MR) is 38.9 cm³/mol. The quantitative estimate of drug-likeness (QED) is 0.601. The molecular formula is C7H14NO3-. The van der Waals surface area contributed by atoms with Crippen LogP contribution in [0.4, 0.5) is 4.79 Å². The Morgan fingerprint density at radius 3 is 2.18 bits per heavy atom. The second kappa shape index (κ2) is 3.57. The lowest BCUT2D eigenvalue weighted by Gasteiger charge is -2.38. The van der Waals surface area contributed by atoms with E-state index >= 15 is 0 Å². The largest absolute Gasteiger partial charge is 0.530 e. The first-order valence-electron chi connectivity index (χ1n) is 3.55. The first-order chi connectivity index (χ1) is 4.95. The number of carboxylic acid groups (broad SMARTS) is 1. The lowest BCUT2D eigenvalue weighted by atomic mass is 10.1. The van der Waals surface area contributed by atoms with Crippen molar-refractivity contribution in [1.82, 2.24) is 4.90 Å². The van der Waals surface area contributed by atoms with Gasteiger partial charge in [0.1, 0.15) is 6.09 Å². The van der Waals surface area contributed by atoms with Gasteiger partial charge in [-0.2, -0.15) is 0 Å². The minimum absolute atomic E-state index is 0.200. The number of aliphatic hydroxyl groups excluding tert-OH is 1. The molecule has 11 heavy (non-hydrogen) atoms. The summed E-state index contributed by atoms with van der Waals surface area (Å²) >= 11 is 0. The van der Waals surface area contributed by atoms with Gasteiger partial charge in [-0.1, -0.05) is 0 Å². The molecule has 0 aromatic rings. The molecule has 1 N–H and O–H groups in total. The summed E-state index contributed by atoms with van der Waals surface area (Å²) in [5.74, 6) is 0. The number of amides is 1. The summed E-state index contributed by atoms with van der Waals surface area (Å²) < 4.78 is 0. The molecule has 0 aromatic heterocycles. The van der Waals surface area contributed by atoms with Crippen LogP contribution in [0.5, 0.6) is 0 Å². The first kappa shape index (κ1) is 10.2. The van der Waals surface area contributed by atoms with Gasteiger partial charge >= 0.3 is 0 Å². The minimum atomic E-state index is -1.24. The van der Waals surface area contributed by atoms with Gasteiger partial charge < -0.3 is 19.9 Å². The zero-order valence-electron chi connectivity index (χ0n) is 7.13. The molecule has 0 rings (SSSR count). The molecule has 0 atom stereocenters. The van der Waals surface area contributed by atoms with Crippen molar-refractivity contribution in [3.8, 4) is 0 Å². The van der Waals surface area contributed by atoms with E-state index in [2.05, 4.69) is 0 Å². The maximum atomic E-state index is 10.4. The van der Waals surface area contributed by atoms with Gasteiger partial charge in [-0.25, -0.2) is 0 Å². The molecule has 66 valence electrons. The second-order valence-electron chi connectivity index (χ2n) is 2.98. The summed E-state index contributed by atoms with van der Waals surface area (Å²) in [5, 5.41) is 19.3. The summed E-state index contributed by atoms with van der Waals surface area (Å²) in [5.41, 5.74) is -0.742. The van der Waals surface area contributed by atoms with Crippen LogP contribution in [-0.2, 0) is 0 Å². The zero-order valence-corrected chi connectivity index (χ0v) is 7.13. The van der Waals surface area contributed by atoms with Crippen LogP contribution in [0.15, 0.2) is 0 Å². The van der Waals surface area contributed by atoms with Crippen LogP contribution < -0.4 is 5.11 Å². The topological polar surface area (TPSA) is 63.6 Å². The number of rotatable bonds is 3. The maximum absolute atomic E-state index is 10.4. The van der Waals surface area contributed by atoms with Crippen LogP contribution >= 0.6 is 0 Å². The number of carbonyl (C=O) groups excluding carboxylic acids is 1. The van der Waals surface area contributed by atoms with Crippen LogP contribution in [0, 0.1) is 0 Å². The van der Waals surface area contributed by atoms with Gasteiger partial charge in [0.25, 0.3) is 0 Å². The molecule has 0 unspecified atom stereocenters. The van der Waals surface area contributed by atoms with Crippen molar-refractivity contribution in [2.24, 2.45) is 0 Å². The van der Waals surface area contributed by atoms with Gasteiger partial charge in [0.2, 0.25) is 0 Å². The Hall–Kier alpha value is -0.770. The van der Waals surface area contributed by atoms with E-state index < -0.39 is 11.6 Å². The molecule has 0 saturated carbocycles. The normalized spacial score (nSPS) is 11.3. The fourth-order valence-corrected chi connectivity index (χ4v) is 0.890. The van der Waals surface area contributed by atoms with E-state index in [0.29, 0.717) is 6.54 Å². The highest BCUT2D eigenvalue weighted by Gasteiger charge is 2.23. The highest BCUT2D eigenvalue weighted by atomic mass is 16.4. The number of hydrogen-bond acceptors (Lipinski definition) is 3. The summed E-state index contributed by atoms with van der Waals surface area (Å²) in [6.07, 6.45) is -1.24.